The quantitative estimate of drug-likeness (QED) is 0.680. The van der Waals surface area contributed by atoms with Crippen LogP contribution in [-0.2, 0) is 13.6 Å². The molecule has 2 aromatic rings. The van der Waals surface area contributed by atoms with Gasteiger partial charge in [-0.1, -0.05) is 0 Å². The van der Waals surface area contributed by atoms with Gasteiger partial charge in [0.15, 0.2) is 0 Å². The summed E-state index contributed by atoms with van der Waals surface area (Å²) in [6.45, 7) is 0.287. The summed E-state index contributed by atoms with van der Waals surface area (Å²) in [6.07, 6.45) is 2.86. The SMILES string of the molecule is Cn1ncnc1Cn1ncc(N)cc1=O. The third-order valence-electron chi connectivity index (χ3n) is 1.99. The molecule has 2 rings (SSSR count). The number of nitrogens with two attached hydrogens (primary N) is 1. The molecule has 0 unspecified atom stereocenters. The summed E-state index contributed by atoms with van der Waals surface area (Å²) in [6, 6.07) is 1.32. The lowest BCUT2D eigenvalue weighted by Gasteiger charge is -2.03. The second kappa shape index (κ2) is 3.52. The zero-order valence-corrected chi connectivity index (χ0v) is 8.16. The summed E-state index contributed by atoms with van der Waals surface area (Å²) in [7, 11) is 1.75. The van der Waals surface area contributed by atoms with Crippen molar-refractivity contribution in [3.63, 3.8) is 0 Å². The standard InChI is InChI=1S/C8H10N6O/c1-13-7(10-5-12-13)4-14-8(15)2-6(9)3-11-14/h2-3,5H,4,9H2,1H3. The Kier molecular flexibility index (Phi) is 2.20. The Morgan fingerprint density at radius 2 is 2.27 bits per heavy atom. The first kappa shape index (κ1) is 9.38. The van der Waals surface area contributed by atoms with Crippen molar-refractivity contribution in [2.75, 3.05) is 5.73 Å². The largest absolute Gasteiger partial charge is 0.397 e. The van der Waals surface area contributed by atoms with Crippen molar-refractivity contribution in [2.24, 2.45) is 7.05 Å². The van der Waals surface area contributed by atoms with Crippen LogP contribution in [0.5, 0.6) is 0 Å². The first-order chi connectivity index (χ1) is 7.16. The van der Waals surface area contributed by atoms with Crippen LogP contribution in [-0.4, -0.2) is 24.5 Å². The van der Waals surface area contributed by atoms with Crippen molar-refractivity contribution in [1.29, 1.82) is 0 Å². The normalized spacial score (nSPS) is 10.5. The minimum absolute atomic E-state index is 0.252. The molecule has 0 radical (unpaired) electrons. The molecule has 2 aromatic heterocycles. The molecule has 0 amide bonds. The molecule has 0 aromatic carbocycles. The van der Waals surface area contributed by atoms with Gasteiger partial charge in [0, 0.05) is 13.1 Å². The molecule has 0 saturated carbocycles. The Labute approximate surface area is 85.2 Å². The number of nitrogens with zero attached hydrogens (tertiary/aromatic N) is 5. The predicted octanol–water partition coefficient (Wildman–Crippen LogP) is -0.998. The van der Waals surface area contributed by atoms with Gasteiger partial charge >= 0.3 is 0 Å². The van der Waals surface area contributed by atoms with Crippen LogP contribution in [0.15, 0.2) is 23.4 Å². The van der Waals surface area contributed by atoms with Crippen molar-refractivity contribution in [3.8, 4) is 0 Å². The predicted molar refractivity (Wildman–Crippen MR) is 53.0 cm³/mol. The Hall–Kier alpha value is -2.18. The maximum absolute atomic E-state index is 11.4. The van der Waals surface area contributed by atoms with Crippen molar-refractivity contribution in [1.82, 2.24) is 24.5 Å². The molecule has 0 aliphatic heterocycles. The minimum atomic E-state index is -0.252. The Bertz CT molecular complexity index is 528. The van der Waals surface area contributed by atoms with Gasteiger partial charge in [0.05, 0.1) is 11.9 Å². The third kappa shape index (κ3) is 1.85. The highest BCUT2D eigenvalue weighted by molar-refractivity contribution is 5.31. The number of nitrogen functional groups attached to an aromatic ring is 1. The number of hydrogen-bond donors (Lipinski definition) is 1. The molecular weight excluding hydrogens is 196 g/mol. The highest BCUT2D eigenvalue weighted by atomic mass is 16.1. The molecule has 0 fully saturated rings. The molecule has 0 spiro atoms. The van der Waals surface area contributed by atoms with E-state index in [1.807, 2.05) is 0 Å². The van der Waals surface area contributed by atoms with E-state index in [2.05, 4.69) is 15.2 Å². The van der Waals surface area contributed by atoms with Gasteiger partial charge in [0.1, 0.15) is 18.7 Å². The van der Waals surface area contributed by atoms with E-state index in [4.69, 9.17) is 5.73 Å². The second-order valence-electron chi connectivity index (χ2n) is 3.08. The number of rotatable bonds is 2. The lowest BCUT2D eigenvalue weighted by molar-refractivity contribution is 0.581. The first-order valence-corrected chi connectivity index (χ1v) is 4.32. The van der Waals surface area contributed by atoms with Crippen molar-refractivity contribution >= 4 is 5.69 Å². The summed E-state index contributed by atoms with van der Waals surface area (Å²) >= 11 is 0. The zero-order valence-electron chi connectivity index (χ0n) is 8.16. The van der Waals surface area contributed by atoms with Gasteiger partial charge in [0.2, 0.25) is 0 Å². The van der Waals surface area contributed by atoms with E-state index in [1.165, 1.54) is 23.3 Å². The average Bonchev–Trinajstić information content (AvgIpc) is 2.57. The number of hydrogen-bond acceptors (Lipinski definition) is 5. The van der Waals surface area contributed by atoms with Gasteiger partial charge in [-0.25, -0.2) is 9.67 Å². The van der Waals surface area contributed by atoms with E-state index in [9.17, 15) is 4.79 Å². The lowest BCUT2D eigenvalue weighted by Crippen LogP contribution is -2.24. The van der Waals surface area contributed by atoms with E-state index in [1.54, 1.807) is 11.7 Å². The molecule has 0 saturated heterocycles. The summed E-state index contributed by atoms with van der Waals surface area (Å²) in [5.74, 6) is 0.661. The minimum Gasteiger partial charge on any atom is -0.397 e. The van der Waals surface area contributed by atoms with Crippen LogP contribution in [0.2, 0.25) is 0 Å². The summed E-state index contributed by atoms with van der Waals surface area (Å²) < 4.78 is 2.87. The van der Waals surface area contributed by atoms with E-state index in [0.717, 1.165) is 0 Å². The molecule has 0 bridgehead atoms. The van der Waals surface area contributed by atoms with Gasteiger partial charge < -0.3 is 5.73 Å². The van der Waals surface area contributed by atoms with Gasteiger partial charge in [-0.05, 0) is 0 Å². The fourth-order valence-electron chi connectivity index (χ4n) is 1.16. The van der Waals surface area contributed by atoms with E-state index in [0.29, 0.717) is 11.5 Å². The van der Waals surface area contributed by atoms with E-state index < -0.39 is 0 Å². The molecule has 0 atom stereocenters. The Morgan fingerprint density at radius 3 is 2.87 bits per heavy atom. The number of aryl methyl sites for hydroxylation is 1. The molecule has 0 aliphatic rings. The number of anilines is 1. The Morgan fingerprint density at radius 1 is 1.47 bits per heavy atom. The Balaban J connectivity index is 2.33. The smallest absolute Gasteiger partial charge is 0.269 e. The van der Waals surface area contributed by atoms with Crippen LogP contribution in [0.4, 0.5) is 5.69 Å². The van der Waals surface area contributed by atoms with Gasteiger partial charge in [-0.15, -0.1) is 0 Å². The molecule has 15 heavy (non-hydrogen) atoms. The summed E-state index contributed by atoms with van der Waals surface area (Å²) in [5.41, 5.74) is 5.53. The number of aromatic nitrogens is 5. The van der Waals surface area contributed by atoms with Crippen molar-refractivity contribution in [3.05, 3.63) is 34.8 Å². The maximum atomic E-state index is 11.4. The second-order valence-corrected chi connectivity index (χ2v) is 3.08. The summed E-state index contributed by atoms with van der Waals surface area (Å²) in [5, 5.41) is 7.79. The van der Waals surface area contributed by atoms with E-state index >= 15 is 0 Å². The monoisotopic (exact) mass is 206 g/mol. The molecule has 7 nitrogen and oxygen atoms in total. The summed E-state index contributed by atoms with van der Waals surface area (Å²) in [4.78, 5) is 15.4. The molecule has 2 heterocycles. The van der Waals surface area contributed by atoms with Crippen LogP contribution in [0.1, 0.15) is 5.82 Å². The van der Waals surface area contributed by atoms with Gasteiger partial charge in [-0.2, -0.15) is 10.2 Å². The molecular formula is C8H10N6O. The fourth-order valence-corrected chi connectivity index (χ4v) is 1.16. The van der Waals surface area contributed by atoms with Gasteiger partial charge in [-0.3, -0.25) is 9.48 Å². The van der Waals surface area contributed by atoms with Gasteiger partial charge in [0.25, 0.3) is 5.56 Å². The fraction of sp³-hybridized carbons (Fsp3) is 0.250. The van der Waals surface area contributed by atoms with Crippen LogP contribution in [0, 0.1) is 0 Å². The van der Waals surface area contributed by atoms with E-state index in [-0.39, 0.29) is 12.1 Å². The lowest BCUT2D eigenvalue weighted by atomic mass is 10.5. The van der Waals surface area contributed by atoms with Crippen LogP contribution in [0.25, 0.3) is 0 Å². The average molecular weight is 206 g/mol. The van der Waals surface area contributed by atoms with Crippen LogP contribution >= 0.6 is 0 Å². The topological polar surface area (TPSA) is 91.6 Å². The van der Waals surface area contributed by atoms with Crippen molar-refractivity contribution < 1.29 is 0 Å². The molecule has 78 valence electrons. The molecule has 2 N–H and O–H groups in total. The highest BCUT2D eigenvalue weighted by Gasteiger charge is 2.04. The van der Waals surface area contributed by atoms with Crippen molar-refractivity contribution in [2.45, 2.75) is 6.54 Å². The maximum Gasteiger partial charge on any atom is 0.269 e. The van der Waals surface area contributed by atoms with Crippen LogP contribution in [0.3, 0.4) is 0 Å². The highest BCUT2D eigenvalue weighted by Crippen LogP contribution is 1.94. The molecule has 7 heteroatoms. The molecule has 0 aliphatic carbocycles. The first-order valence-electron chi connectivity index (χ1n) is 4.32. The zero-order chi connectivity index (χ0) is 10.8. The van der Waals surface area contributed by atoms with Crippen LogP contribution < -0.4 is 11.3 Å². The third-order valence-corrected chi connectivity index (χ3v) is 1.99.